The van der Waals surface area contributed by atoms with E-state index in [1.54, 1.807) is 0 Å². The molecule has 28 heavy (non-hydrogen) atoms. The quantitative estimate of drug-likeness (QED) is 0.201. The van der Waals surface area contributed by atoms with Crippen molar-refractivity contribution in [3.05, 3.63) is 60.2 Å². The molecule has 0 radical (unpaired) electrons. The smallest absolute Gasteiger partial charge is 0.0152 e. The molecule has 154 valence electrons. The van der Waals surface area contributed by atoms with Gasteiger partial charge in [0.2, 0.25) is 0 Å². The lowest BCUT2D eigenvalue weighted by molar-refractivity contribution is 0.541. The van der Waals surface area contributed by atoms with E-state index in [0.29, 0.717) is 0 Å². The van der Waals surface area contributed by atoms with Gasteiger partial charge in [-0.05, 0) is 48.4 Å². The van der Waals surface area contributed by atoms with Crippen LogP contribution in [0.25, 0.3) is 10.8 Å². The number of aryl methyl sites for hydroxylation is 1. The Balaban J connectivity index is 1.39. The maximum atomic E-state index is 2.35. The molecule has 2 aromatic rings. The lowest BCUT2D eigenvalue weighted by atomic mass is 9.99. The van der Waals surface area contributed by atoms with Crippen molar-refractivity contribution in [3.63, 3.8) is 0 Å². The molecule has 0 aromatic heterocycles. The summed E-state index contributed by atoms with van der Waals surface area (Å²) in [4.78, 5) is 0. The average Bonchev–Trinajstić information content (AvgIpc) is 2.73. The molecular weight excluding hydrogens is 336 g/mol. The van der Waals surface area contributed by atoms with Crippen molar-refractivity contribution in [1.29, 1.82) is 0 Å². The molecule has 0 nitrogen and oxygen atoms in total. The van der Waals surface area contributed by atoms with Gasteiger partial charge in [0.25, 0.3) is 0 Å². The molecule has 0 aliphatic carbocycles. The number of allylic oxidation sites excluding steroid dienone is 2. The molecule has 0 atom stereocenters. The van der Waals surface area contributed by atoms with Gasteiger partial charge in [-0.2, -0.15) is 0 Å². The minimum absolute atomic E-state index is 1.18. The van der Waals surface area contributed by atoms with Crippen LogP contribution in [0.5, 0.6) is 0 Å². The Labute approximate surface area is 174 Å². The molecule has 0 aliphatic heterocycles. The summed E-state index contributed by atoms with van der Waals surface area (Å²) >= 11 is 0. The summed E-state index contributed by atoms with van der Waals surface area (Å²) in [5, 5.41) is 2.83. The maximum absolute atomic E-state index is 2.35. The fraction of sp³-hybridized carbons (Fsp3) is 0.571. The predicted molar refractivity (Wildman–Crippen MR) is 127 cm³/mol. The summed E-state index contributed by atoms with van der Waals surface area (Å²) in [5.41, 5.74) is 1.53. The van der Waals surface area contributed by atoms with Crippen molar-refractivity contribution in [2.75, 3.05) is 0 Å². The van der Waals surface area contributed by atoms with E-state index in [0.717, 1.165) is 0 Å². The summed E-state index contributed by atoms with van der Waals surface area (Å²) in [5.74, 6) is 0. The predicted octanol–water partition coefficient (Wildman–Crippen LogP) is 9.42. The molecule has 2 aromatic carbocycles. The monoisotopic (exact) mass is 378 g/mol. The molecule has 0 unspecified atom stereocenters. The zero-order valence-corrected chi connectivity index (χ0v) is 18.3. The van der Waals surface area contributed by atoms with E-state index >= 15 is 0 Å². The summed E-state index contributed by atoms with van der Waals surface area (Å²) in [7, 11) is 0. The molecule has 0 aliphatic rings. The van der Waals surface area contributed by atoms with Gasteiger partial charge in [0, 0.05) is 0 Å². The van der Waals surface area contributed by atoms with Crippen molar-refractivity contribution in [2.45, 2.75) is 103 Å². The zero-order chi connectivity index (χ0) is 19.7. The first-order chi connectivity index (χ1) is 13.9. The Morgan fingerprint density at radius 2 is 1.14 bits per heavy atom. The molecule has 0 heteroatoms. The largest absolute Gasteiger partial charge is 0.0888 e. The third kappa shape index (κ3) is 9.58. The Kier molecular flexibility index (Phi) is 12.5. The summed E-state index contributed by atoms with van der Waals surface area (Å²) in [6.07, 6.45) is 25.4. The second-order valence-electron chi connectivity index (χ2n) is 8.30. The molecule has 0 amide bonds. The molecule has 0 fully saturated rings. The van der Waals surface area contributed by atoms with Gasteiger partial charge in [0.15, 0.2) is 0 Å². The topological polar surface area (TPSA) is 0 Å². The van der Waals surface area contributed by atoms with Gasteiger partial charge in [-0.15, -0.1) is 0 Å². The highest BCUT2D eigenvalue weighted by atomic mass is 14.1. The Hall–Kier alpha value is -1.56. The first-order valence-electron chi connectivity index (χ1n) is 12.0. The Morgan fingerprint density at radius 3 is 1.82 bits per heavy atom. The van der Waals surface area contributed by atoms with Crippen molar-refractivity contribution >= 4 is 10.8 Å². The van der Waals surface area contributed by atoms with E-state index < -0.39 is 0 Å². The highest BCUT2D eigenvalue weighted by Gasteiger charge is 2.00. The van der Waals surface area contributed by atoms with Crippen LogP contribution in [0.1, 0.15) is 102 Å². The molecule has 0 heterocycles. The maximum Gasteiger partial charge on any atom is -0.0152 e. The first-order valence-corrected chi connectivity index (χ1v) is 12.0. The van der Waals surface area contributed by atoms with E-state index in [1.165, 1.54) is 113 Å². The van der Waals surface area contributed by atoms with E-state index in [4.69, 9.17) is 0 Å². The van der Waals surface area contributed by atoms with E-state index in [1.807, 2.05) is 0 Å². The third-order valence-electron chi connectivity index (χ3n) is 5.85. The highest BCUT2D eigenvalue weighted by molar-refractivity contribution is 5.85. The number of rotatable bonds is 16. The summed E-state index contributed by atoms with van der Waals surface area (Å²) in [6.45, 7) is 2.21. The van der Waals surface area contributed by atoms with Crippen molar-refractivity contribution in [3.8, 4) is 0 Å². The van der Waals surface area contributed by atoms with Gasteiger partial charge in [-0.25, -0.2) is 0 Å². The van der Waals surface area contributed by atoms with Crippen LogP contribution in [0, 0.1) is 0 Å². The standard InChI is InChI=1S/C28H42/c1-2-3-4-5-6-7-8-9-10-11-12-13-14-15-16-17-21-26-23-20-24-27-22-18-19-25-28(26)27/h3-4,18-20,22-25H,2,5-17,21H2,1H3/b4-3+. The van der Waals surface area contributed by atoms with Crippen LogP contribution >= 0.6 is 0 Å². The van der Waals surface area contributed by atoms with Crippen LogP contribution in [-0.2, 0) is 6.42 Å². The van der Waals surface area contributed by atoms with Gasteiger partial charge in [-0.3, -0.25) is 0 Å². The fourth-order valence-corrected chi connectivity index (χ4v) is 4.14. The molecule has 2 rings (SSSR count). The number of fused-ring (bicyclic) bond motifs is 1. The number of unbranched alkanes of at least 4 members (excludes halogenated alkanes) is 12. The molecule has 0 spiro atoms. The lowest BCUT2D eigenvalue weighted by Gasteiger charge is -2.07. The number of hydrogen-bond donors (Lipinski definition) is 0. The molecule has 0 saturated heterocycles. The summed E-state index contributed by atoms with van der Waals surface area (Å²) < 4.78 is 0. The lowest BCUT2D eigenvalue weighted by Crippen LogP contribution is -1.88. The minimum atomic E-state index is 1.18. The Bertz CT molecular complexity index is 647. The van der Waals surface area contributed by atoms with Crippen LogP contribution in [-0.4, -0.2) is 0 Å². The van der Waals surface area contributed by atoms with Crippen LogP contribution in [0.2, 0.25) is 0 Å². The van der Waals surface area contributed by atoms with Gasteiger partial charge in [0.1, 0.15) is 0 Å². The minimum Gasteiger partial charge on any atom is -0.0888 e. The first kappa shape index (κ1) is 22.7. The third-order valence-corrected chi connectivity index (χ3v) is 5.85. The van der Waals surface area contributed by atoms with Crippen LogP contribution in [0.3, 0.4) is 0 Å². The SMILES string of the molecule is CC/C=C/CCCCCCCCCCCCCCc1cccc2ccccc12. The number of hydrogen-bond acceptors (Lipinski definition) is 0. The Morgan fingerprint density at radius 1 is 0.571 bits per heavy atom. The molecule has 0 N–H and O–H groups in total. The van der Waals surface area contributed by atoms with Gasteiger partial charge in [-0.1, -0.05) is 126 Å². The molecular formula is C28H42. The van der Waals surface area contributed by atoms with E-state index in [2.05, 4.69) is 61.5 Å². The highest BCUT2D eigenvalue weighted by Crippen LogP contribution is 2.21. The zero-order valence-electron chi connectivity index (χ0n) is 18.3. The summed E-state index contributed by atoms with van der Waals surface area (Å²) in [6, 6.07) is 15.5. The van der Waals surface area contributed by atoms with Gasteiger partial charge >= 0.3 is 0 Å². The van der Waals surface area contributed by atoms with E-state index in [9.17, 15) is 0 Å². The second-order valence-corrected chi connectivity index (χ2v) is 8.30. The van der Waals surface area contributed by atoms with Crippen molar-refractivity contribution < 1.29 is 0 Å². The normalized spacial score (nSPS) is 11.6. The van der Waals surface area contributed by atoms with Crippen LogP contribution in [0.15, 0.2) is 54.6 Å². The average molecular weight is 379 g/mol. The van der Waals surface area contributed by atoms with Gasteiger partial charge in [0.05, 0.1) is 0 Å². The van der Waals surface area contributed by atoms with Crippen LogP contribution < -0.4 is 0 Å². The molecule has 0 saturated carbocycles. The van der Waals surface area contributed by atoms with Crippen molar-refractivity contribution in [1.82, 2.24) is 0 Å². The fourth-order valence-electron chi connectivity index (χ4n) is 4.14. The van der Waals surface area contributed by atoms with Crippen LogP contribution in [0.4, 0.5) is 0 Å². The molecule has 0 bridgehead atoms. The van der Waals surface area contributed by atoms with E-state index in [-0.39, 0.29) is 0 Å². The van der Waals surface area contributed by atoms with Gasteiger partial charge < -0.3 is 0 Å². The van der Waals surface area contributed by atoms with Crippen molar-refractivity contribution in [2.24, 2.45) is 0 Å². The number of benzene rings is 2. The second kappa shape index (κ2) is 15.4.